The predicted molar refractivity (Wildman–Crippen MR) is 265 cm³/mol. The van der Waals surface area contributed by atoms with E-state index < -0.39 is 35.7 Å². The van der Waals surface area contributed by atoms with Gasteiger partial charge in [-0.25, -0.2) is 4.79 Å². The van der Waals surface area contributed by atoms with E-state index in [0.29, 0.717) is 53.3 Å². The van der Waals surface area contributed by atoms with Gasteiger partial charge in [0.05, 0.1) is 48.8 Å². The first-order chi connectivity index (χ1) is 34.2. The van der Waals surface area contributed by atoms with Crippen molar-refractivity contribution in [3.8, 4) is 17.2 Å². The first kappa shape index (κ1) is 62.0. The molecule has 5 atom stereocenters. The number of nitrogens with zero attached hydrogens (tertiary/aromatic N) is 3. The Balaban J connectivity index is 0.000000560. The predicted octanol–water partition coefficient (Wildman–Crippen LogP) is 3.79. The fraction of sp³-hybridized carbons (Fsp3) is 0.438. The molecule has 5 unspecified atom stereocenters. The number of aromatic nitrogens is 1. The number of amides is 1. The first-order valence-corrected chi connectivity index (χ1v) is 22.1. The van der Waals surface area contributed by atoms with Gasteiger partial charge in [0.1, 0.15) is 6.79 Å². The topological polar surface area (TPSA) is 340 Å². The molecule has 0 radical (unpaired) electrons. The molecule has 1 aromatic heterocycles. The number of hydrogen-bond acceptors (Lipinski definition) is 19. The van der Waals surface area contributed by atoms with Gasteiger partial charge in [-0.1, -0.05) is 12.5 Å². The number of likely N-dealkylation sites (tertiary alicyclic amines) is 1. The van der Waals surface area contributed by atoms with Crippen LogP contribution in [0.5, 0.6) is 17.2 Å². The van der Waals surface area contributed by atoms with Crippen LogP contribution >= 0.6 is 0 Å². The molecule has 3 aromatic carbocycles. The minimum atomic E-state index is -1.25. The lowest BCUT2D eigenvalue weighted by atomic mass is 10.0. The fourth-order valence-electron chi connectivity index (χ4n) is 7.03. The maximum atomic E-state index is 11.5. The van der Waals surface area contributed by atoms with E-state index in [-0.39, 0.29) is 36.9 Å². The number of hydrogen-bond donors (Lipinski definition) is 8. The number of benzene rings is 3. The van der Waals surface area contributed by atoms with Crippen molar-refractivity contribution in [2.45, 2.75) is 82.4 Å². The molecule has 2 aliphatic rings. The number of likely N-dealkylation sites (N-methyl/N-ethyl adjacent to an activating group) is 1. The molecule has 2 aliphatic heterocycles. The number of ether oxygens (including phenoxy) is 5. The van der Waals surface area contributed by atoms with Crippen LogP contribution in [0.2, 0.25) is 0 Å². The lowest BCUT2D eigenvalue weighted by molar-refractivity contribution is -0.386. The lowest BCUT2D eigenvalue weighted by Crippen LogP contribution is -2.45. The molecule has 3 heterocycles. The van der Waals surface area contributed by atoms with Crippen molar-refractivity contribution in [1.29, 1.82) is 0 Å². The van der Waals surface area contributed by atoms with E-state index in [1.807, 2.05) is 69.4 Å². The molecular formula is C48H69N7O16. The van der Waals surface area contributed by atoms with Gasteiger partial charge >= 0.3 is 11.7 Å². The largest absolute Gasteiger partial charge is 0.493 e. The Labute approximate surface area is 412 Å². The van der Waals surface area contributed by atoms with Gasteiger partial charge in [0, 0.05) is 69.3 Å². The molecule has 2 fully saturated rings. The van der Waals surface area contributed by atoms with Gasteiger partial charge in [-0.2, -0.15) is 0 Å². The van der Waals surface area contributed by atoms with Gasteiger partial charge in [-0.3, -0.25) is 29.4 Å². The summed E-state index contributed by atoms with van der Waals surface area (Å²) in [5, 5.41) is 53.3. The molecule has 392 valence electrons. The molecule has 23 heteroatoms. The van der Waals surface area contributed by atoms with Crippen LogP contribution in [0.3, 0.4) is 0 Å². The molecule has 1 amide bonds. The molecule has 2 saturated heterocycles. The van der Waals surface area contributed by atoms with Crippen molar-refractivity contribution in [2.75, 3.05) is 64.9 Å². The summed E-state index contributed by atoms with van der Waals surface area (Å²) in [5.74, 6) is -0.485. The number of piperidine rings is 1. The molecule has 0 saturated carbocycles. The number of nitro benzene ring substituents is 1. The van der Waals surface area contributed by atoms with Gasteiger partial charge in [-0.15, -0.1) is 0 Å². The smallest absolute Gasteiger partial charge is 0.333 e. The third-order valence-corrected chi connectivity index (χ3v) is 10.6. The third-order valence-electron chi connectivity index (χ3n) is 10.6. The number of carbonyl (C=O) groups excluding carboxylic acids is 4. The Morgan fingerprint density at radius 2 is 1.68 bits per heavy atom. The Kier molecular flexibility index (Phi) is 30.0. The van der Waals surface area contributed by atoms with Crippen LogP contribution in [-0.2, 0) is 43.9 Å². The second kappa shape index (κ2) is 34.3. The van der Waals surface area contributed by atoms with Crippen LogP contribution in [-0.4, -0.2) is 146 Å². The minimum Gasteiger partial charge on any atom is -0.493 e. The number of rotatable bonds is 19. The van der Waals surface area contributed by atoms with Crippen LogP contribution in [0.15, 0.2) is 66.9 Å². The van der Waals surface area contributed by atoms with Crippen LogP contribution in [0.4, 0.5) is 22.7 Å². The zero-order chi connectivity index (χ0) is 53.5. The Hall–Kier alpha value is -6.99. The summed E-state index contributed by atoms with van der Waals surface area (Å²) in [4.78, 5) is 64.7. The Morgan fingerprint density at radius 1 is 0.986 bits per heavy atom. The van der Waals surface area contributed by atoms with Crippen molar-refractivity contribution in [1.82, 2.24) is 9.47 Å². The van der Waals surface area contributed by atoms with Gasteiger partial charge in [0.15, 0.2) is 42.2 Å². The van der Waals surface area contributed by atoms with E-state index >= 15 is 0 Å². The third kappa shape index (κ3) is 20.9. The zero-order valence-corrected chi connectivity index (χ0v) is 40.9. The highest BCUT2D eigenvalue weighted by Gasteiger charge is 2.35. The molecule has 4 aromatic rings. The standard InChI is InChI=1S/C20H28N2O9.C18H20N2O5.C7H10N2.CH5N.CH4O.CH2O/c1-21-7-3-2-4-14(21)20(26)29-11-12-5-6-16(15(8-12)22(27)28)30-18-10-13(23)9-17(31-18)19(24)25;1-20-9-13(6-15(20)11-22)4-3-5-25-18-8-16(19-12-23)14(10-21)7-17(18)24-2;1-9-7-4-2-6(8)3-5-7;3*1-2/h5-6,8,13-14,17-18,20,23,26H,2-4,7,9-11H2,1H3,(H,24,25);6-12H,3-5H2,1-2H3,(H,19,23);2-5,9H,8H2,1H3;2H2,1H3;2H,1H3;1H2. The van der Waals surface area contributed by atoms with Crippen molar-refractivity contribution in [3.05, 3.63) is 99.4 Å². The number of nitrogen functional groups attached to an aromatic ring is 1. The van der Waals surface area contributed by atoms with Crippen LogP contribution in [0.25, 0.3) is 0 Å². The monoisotopic (exact) mass is 999 g/mol. The van der Waals surface area contributed by atoms with E-state index in [4.69, 9.17) is 44.4 Å². The number of carboxylic acids is 1. The number of aliphatic carboxylic acids is 1. The quantitative estimate of drug-likeness (QED) is 0.0165. The van der Waals surface area contributed by atoms with E-state index in [2.05, 4.69) is 16.4 Å². The Bertz CT molecular complexity index is 2210. The van der Waals surface area contributed by atoms with E-state index in [1.54, 1.807) is 16.7 Å². The number of aliphatic hydroxyl groups excluding tert-OH is 3. The number of aldehydes is 2. The van der Waals surface area contributed by atoms with Gasteiger partial charge < -0.3 is 75.6 Å². The number of carbonyl (C=O) groups is 5. The molecule has 10 N–H and O–H groups in total. The molecule has 6 rings (SSSR count). The number of aryl methyl sites for hydroxylation is 2. The van der Waals surface area contributed by atoms with Crippen molar-refractivity contribution in [3.63, 3.8) is 0 Å². The summed E-state index contributed by atoms with van der Waals surface area (Å²) >= 11 is 0. The molecule has 0 bridgehead atoms. The van der Waals surface area contributed by atoms with Crippen molar-refractivity contribution < 1.29 is 73.0 Å². The number of anilines is 3. The second-order valence-corrected chi connectivity index (χ2v) is 15.2. The highest BCUT2D eigenvalue weighted by atomic mass is 16.7. The summed E-state index contributed by atoms with van der Waals surface area (Å²) < 4.78 is 29.1. The van der Waals surface area contributed by atoms with Gasteiger partial charge in [0.25, 0.3) is 0 Å². The zero-order valence-electron chi connectivity index (χ0n) is 40.9. The average Bonchev–Trinajstić information content (AvgIpc) is 3.76. The lowest BCUT2D eigenvalue weighted by Gasteiger charge is -2.35. The van der Waals surface area contributed by atoms with Crippen LogP contribution in [0, 0.1) is 10.1 Å². The van der Waals surface area contributed by atoms with Gasteiger partial charge in [-0.05, 0) is 99.9 Å². The highest BCUT2D eigenvalue weighted by molar-refractivity contribution is 5.90. The molecular weight excluding hydrogens is 931 g/mol. The van der Waals surface area contributed by atoms with E-state index in [1.165, 1.54) is 32.4 Å². The van der Waals surface area contributed by atoms with Gasteiger partial charge in [0.2, 0.25) is 12.7 Å². The maximum absolute atomic E-state index is 11.5. The highest BCUT2D eigenvalue weighted by Crippen LogP contribution is 2.34. The summed E-state index contributed by atoms with van der Waals surface area (Å²) in [6.07, 6.45) is 3.83. The van der Waals surface area contributed by atoms with E-state index in [9.17, 15) is 39.5 Å². The first-order valence-electron chi connectivity index (χ1n) is 22.1. The molecule has 0 spiro atoms. The number of nitrogens with two attached hydrogens (primary N) is 2. The minimum absolute atomic E-state index is 0.00705. The molecule has 71 heavy (non-hydrogen) atoms. The average molecular weight is 1000 g/mol. The van der Waals surface area contributed by atoms with Crippen LogP contribution < -0.4 is 36.3 Å². The van der Waals surface area contributed by atoms with Crippen molar-refractivity contribution in [2.24, 2.45) is 12.8 Å². The summed E-state index contributed by atoms with van der Waals surface area (Å²) in [5.41, 5.74) is 14.3. The normalized spacial score (nSPS) is 17.2. The second-order valence-electron chi connectivity index (χ2n) is 15.2. The fourth-order valence-corrected chi connectivity index (χ4v) is 7.03. The molecule has 0 aliphatic carbocycles. The number of nitrogens with one attached hydrogen (secondary N) is 2. The SMILES string of the molecule is C=O.CN.CN1CCCCC1C(O)OCc1ccc(OC2CC(O)CC(C(=O)O)O2)c([N+](=O)[O-])c1.CNc1ccc(N)cc1.CO.COc1cc(C=O)c(NC=O)cc1OCCCc1cc(C=O)n(C)c1. The number of aliphatic hydroxyl groups is 3. The number of carboxylic acid groups (broad SMARTS) is 1. The number of methoxy groups -OCH3 is 1. The Morgan fingerprint density at radius 3 is 2.24 bits per heavy atom. The molecule has 23 nitrogen and oxygen atoms in total. The summed E-state index contributed by atoms with van der Waals surface area (Å²) in [6.45, 7) is 3.28. The number of nitro groups is 1. The van der Waals surface area contributed by atoms with Crippen molar-refractivity contribution >= 4 is 54.5 Å². The summed E-state index contributed by atoms with van der Waals surface area (Å²) in [6, 6.07) is 16.6. The van der Waals surface area contributed by atoms with Crippen LogP contribution in [0.1, 0.15) is 70.5 Å². The van der Waals surface area contributed by atoms with E-state index in [0.717, 1.165) is 69.0 Å². The summed E-state index contributed by atoms with van der Waals surface area (Å²) in [7, 11) is 9.61. The maximum Gasteiger partial charge on any atom is 0.333 e.